The van der Waals surface area contributed by atoms with Crippen LogP contribution in [0.4, 0.5) is 0 Å². The summed E-state index contributed by atoms with van der Waals surface area (Å²) in [4.78, 5) is 15.8. The van der Waals surface area contributed by atoms with Gasteiger partial charge in [-0.15, -0.1) is 0 Å². The van der Waals surface area contributed by atoms with Gasteiger partial charge in [-0.05, 0) is 18.6 Å². The topological polar surface area (TPSA) is 66.6 Å². The van der Waals surface area contributed by atoms with Crippen LogP contribution < -0.4 is 5.32 Å². The van der Waals surface area contributed by atoms with Crippen LogP contribution in [0.1, 0.15) is 30.3 Å². The second-order valence-electron chi connectivity index (χ2n) is 3.86. The van der Waals surface area contributed by atoms with Gasteiger partial charge < -0.3 is 14.8 Å². The minimum Gasteiger partial charge on any atom is -0.504 e. The molecule has 0 aliphatic carbocycles. The standard InChI is InChI=1S/C12H15N3O2/c1-2-3-6-13-12(17)9-8-15-7-4-5-10(16)11(15)14-9/h4-5,7-8,16H,2-3,6H2,1H3,(H,13,17). The minimum absolute atomic E-state index is 0.0695. The van der Waals surface area contributed by atoms with E-state index in [-0.39, 0.29) is 11.7 Å². The highest BCUT2D eigenvalue weighted by molar-refractivity contribution is 5.93. The molecule has 2 aromatic rings. The molecule has 2 aromatic heterocycles. The number of carbonyl (C=O) groups excluding carboxylic acids is 1. The third kappa shape index (κ3) is 2.38. The van der Waals surface area contributed by atoms with Crippen molar-refractivity contribution in [2.45, 2.75) is 19.8 Å². The summed E-state index contributed by atoms with van der Waals surface area (Å²) in [6.45, 7) is 2.71. The molecule has 0 unspecified atom stereocenters. The molecule has 0 atom stereocenters. The van der Waals surface area contributed by atoms with E-state index in [1.165, 1.54) is 0 Å². The molecule has 0 aliphatic heterocycles. The molecule has 0 saturated heterocycles. The van der Waals surface area contributed by atoms with E-state index in [1.807, 2.05) is 0 Å². The van der Waals surface area contributed by atoms with Crippen molar-refractivity contribution in [3.8, 4) is 5.75 Å². The largest absolute Gasteiger partial charge is 0.504 e. The monoisotopic (exact) mass is 233 g/mol. The van der Waals surface area contributed by atoms with Gasteiger partial charge in [-0.2, -0.15) is 0 Å². The second-order valence-corrected chi connectivity index (χ2v) is 3.86. The highest BCUT2D eigenvalue weighted by Crippen LogP contribution is 2.16. The molecule has 0 radical (unpaired) electrons. The maximum atomic E-state index is 11.7. The molecule has 1 amide bonds. The summed E-state index contributed by atoms with van der Waals surface area (Å²) < 4.78 is 1.63. The van der Waals surface area contributed by atoms with Crippen molar-refractivity contribution in [2.24, 2.45) is 0 Å². The van der Waals surface area contributed by atoms with Crippen LogP contribution in [-0.4, -0.2) is 26.9 Å². The van der Waals surface area contributed by atoms with E-state index in [0.29, 0.717) is 17.9 Å². The molecular formula is C12H15N3O2. The van der Waals surface area contributed by atoms with Gasteiger partial charge in [0.05, 0.1) is 0 Å². The van der Waals surface area contributed by atoms with Gasteiger partial charge in [0.1, 0.15) is 5.69 Å². The summed E-state index contributed by atoms with van der Waals surface area (Å²) >= 11 is 0. The predicted octanol–water partition coefficient (Wildman–Crippen LogP) is 1.57. The average molecular weight is 233 g/mol. The van der Waals surface area contributed by atoms with Crippen molar-refractivity contribution < 1.29 is 9.90 Å². The van der Waals surface area contributed by atoms with E-state index >= 15 is 0 Å². The van der Waals surface area contributed by atoms with Crippen molar-refractivity contribution in [1.29, 1.82) is 0 Å². The number of fused-ring (bicyclic) bond motifs is 1. The Labute approximate surface area is 99.1 Å². The van der Waals surface area contributed by atoms with Crippen LogP contribution in [0.3, 0.4) is 0 Å². The lowest BCUT2D eigenvalue weighted by Crippen LogP contribution is -2.24. The zero-order valence-electron chi connectivity index (χ0n) is 9.68. The summed E-state index contributed by atoms with van der Waals surface area (Å²) in [6, 6.07) is 3.24. The maximum Gasteiger partial charge on any atom is 0.271 e. The average Bonchev–Trinajstić information content (AvgIpc) is 2.75. The van der Waals surface area contributed by atoms with E-state index in [1.54, 1.807) is 28.9 Å². The number of hydrogen-bond acceptors (Lipinski definition) is 3. The van der Waals surface area contributed by atoms with Crippen molar-refractivity contribution in [2.75, 3.05) is 6.54 Å². The number of unbranched alkanes of at least 4 members (excludes halogenated alkanes) is 1. The number of amides is 1. The molecule has 17 heavy (non-hydrogen) atoms. The van der Waals surface area contributed by atoms with Gasteiger partial charge in [0, 0.05) is 18.9 Å². The van der Waals surface area contributed by atoms with Gasteiger partial charge in [-0.25, -0.2) is 4.98 Å². The first-order valence-electron chi connectivity index (χ1n) is 5.67. The van der Waals surface area contributed by atoms with Crippen molar-refractivity contribution in [3.05, 3.63) is 30.2 Å². The summed E-state index contributed by atoms with van der Waals surface area (Å²) in [5, 5.41) is 12.3. The first kappa shape index (κ1) is 11.4. The van der Waals surface area contributed by atoms with Gasteiger partial charge in [-0.1, -0.05) is 13.3 Å². The Hall–Kier alpha value is -2.04. The Morgan fingerprint density at radius 3 is 3.12 bits per heavy atom. The van der Waals surface area contributed by atoms with E-state index in [9.17, 15) is 9.90 Å². The Morgan fingerprint density at radius 2 is 2.41 bits per heavy atom. The van der Waals surface area contributed by atoms with Gasteiger partial charge in [0.15, 0.2) is 11.4 Å². The number of nitrogens with zero attached hydrogens (tertiary/aromatic N) is 2. The first-order valence-corrected chi connectivity index (χ1v) is 5.67. The van der Waals surface area contributed by atoms with E-state index in [0.717, 1.165) is 12.8 Å². The minimum atomic E-state index is -0.207. The first-order chi connectivity index (χ1) is 8.22. The Balaban J connectivity index is 2.19. The highest BCUT2D eigenvalue weighted by Gasteiger charge is 2.11. The lowest BCUT2D eigenvalue weighted by molar-refractivity contribution is 0.0949. The van der Waals surface area contributed by atoms with Gasteiger partial charge in [-0.3, -0.25) is 4.79 Å². The molecule has 2 rings (SSSR count). The number of pyridine rings is 1. The van der Waals surface area contributed by atoms with E-state index < -0.39 is 0 Å². The van der Waals surface area contributed by atoms with Crippen LogP contribution >= 0.6 is 0 Å². The number of hydrogen-bond donors (Lipinski definition) is 2. The summed E-state index contributed by atoms with van der Waals surface area (Å²) in [5.41, 5.74) is 0.718. The molecule has 0 aromatic carbocycles. The molecule has 0 spiro atoms. The molecule has 2 heterocycles. The summed E-state index contributed by atoms with van der Waals surface area (Å²) in [5.74, 6) is -0.137. The van der Waals surface area contributed by atoms with Crippen LogP contribution in [0.5, 0.6) is 5.75 Å². The molecule has 0 bridgehead atoms. The fourth-order valence-electron chi connectivity index (χ4n) is 1.58. The van der Waals surface area contributed by atoms with Crippen molar-refractivity contribution in [1.82, 2.24) is 14.7 Å². The third-order valence-corrected chi connectivity index (χ3v) is 2.51. The fourth-order valence-corrected chi connectivity index (χ4v) is 1.58. The molecule has 0 fully saturated rings. The summed E-state index contributed by atoms with van der Waals surface area (Å²) in [7, 11) is 0. The Kier molecular flexibility index (Phi) is 3.27. The van der Waals surface area contributed by atoms with Gasteiger partial charge in [0.25, 0.3) is 5.91 Å². The smallest absolute Gasteiger partial charge is 0.271 e. The molecular weight excluding hydrogens is 218 g/mol. The molecule has 0 saturated carbocycles. The highest BCUT2D eigenvalue weighted by atomic mass is 16.3. The zero-order valence-corrected chi connectivity index (χ0v) is 9.68. The van der Waals surface area contributed by atoms with Crippen LogP contribution in [0.15, 0.2) is 24.5 Å². The van der Waals surface area contributed by atoms with Crippen LogP contribution in [0, 0.1) is 0 Å². The molecule has 5 nitrogen and oxygen atoms in total. The van der Waals surface area contributed by atoms with Gasteiger partial charge >= 0.3 is 0 Å². The number of nitrogens with one attached hydrogen (secondary N) is 1. The van der Waals surface area contributed by atoms with Gasteiger partial charge in [0.2, 0.25) is 0 Å². The van der Waals surface area contributed by atoms with Crippen LogP contribution in [-0.2, 0) is 0 Å². The predicted molar refractivity (Wildman–Crippen MR) is 64.1 cm³/mol. The lowest BCUT2D eigenvalue weighted by Gasteiger charge is -1.99. The Morgan fingerprint density at radius 1 is 1.59 bits per heavy atom. The van der Waals surface area contributed by atoms with E-state index in [2.05, 4.69) is 17.2 Å². The number of aromatic hydroxyl groups is 1. The van der Waals surface area contributed by atoms with Crippen LogP contribution in [0.25, 0.3) is 5.65 Å². The number of carbonyl (C=O) groups is 1. The fraction of sp³-hybridized carbons (Fsp3) is 0.333. The number of rotatable bonds is 4. The normalized spacial score (nSPS) is 10.6. The number of imidazole rings is 1. The molecule has 90 valence electrons. The number of aromatic nitrogens is 2. The molecule has 2 N–H and O–H groups in total. The van der Waals surface area contributed by atoms with Crippen LogP contribution in [0.2, 0.25) is 0 Å². The van der Waals surface area contributed by atoms with Crippen molar-refractivity contribution in [3.63, 3.8) is 0 Å². The Bertz CT molecular complexity index is 534. The zero-order chi connectivity index (χ0) is 12.3. The SMILES string of the molecule is CCCCNC(=O)c1cn2cccc(O)c2n1. The third-order valence-electron chi connectivity index (χ3n) is 2.51. The quantitative estimate of drug-likeness (QED) is 0.788. The maximum absolute atomic E-state index is 11.7. The van der Waals surface area contributed by atoms with Crippen molar-refractivity contribution >= 4 is 11.6 Å². The lowest BCUT2D eigenvalue weighted by atomic mass is 10.3. The summed E-state index contributed by atoms with van der Waals surface area (Å²) in [6.07, 6.45) is 5.33. The second kappa shape index (κ2) is 4.86. The molecule has 0 aliphatic rings. The molecule has 5 heteroatoms. The van der Waals surface area contributed by atoms with E-state index in [4.69, 9.17) is 0 Å².